The summed E-state index contributed by atoms with van der Waals surface area (Å²) in [6.45, 7) is 5.90. The first-order chi connectivity index (χ1) is 14.9. The van der Waals surface area contributed by atoms with E-state index in [1.54, 1.807) is 22.9 Å². The number of carbonyl (C=O) groups is 2. The van der Waals surface area contributed by atoms with Crippen molar-refractivity contribution in [3.8, 4) is 17.2 Å². The molecule has 1 N–H and O–H groups in total. The first-order valence-electron chi connectivity index (χ1n) is 10.1. The van der Waals surface area contributed by atoms with Crippen molar-refractivity contribution in [3.05, 3.63) is 64.3 Å². The number of fused-ring (bicyclic) bond motifs is 1. The van der Waals surface area contributed by atoms with E-state index in [1.165, 1.54) is 14.2 Å². The molecule has 0 spiro atoms. The number of aryl methyl sites for hydroxylation is 2. The third kappa shape index (κ3) is 3.36. The van der Waals surface area contributed by atoms with Crippen LogP contribution in [0.15, 0.2) is 36.4 Å². The van der Waals surface area contributed by atoms with Crippen LogP contribution in [0.2, 0.25) is 0 Å². The van der Waals surface area contributed by atoms with Crippen LogP contribution in [0.5, 0.6) is 11.5 Å². The van der Waals surface area contributed by atoms with Gasteiger partial charge in [-0.15, -0.1) is 0 Å². The third-order valence-electron chi connectivity index (χ3n) is 5.90. The second-order valence-corrected chi connectivity index (χ2v) is 7.69. The molecule has 0 saturated carbocycles. The summed E-state index contributed by atoms with van der Waals surface area (Å²) < 4.78 is 12.6. The summed E-state index contributed by atoms with van der Waals surface area (Å²) in [5, 5.41) is 7.63. The Kier molecular flexibility index (Phi) is 5.27. The Labute approximate surface area is 181 Å². The number of amides is 1. The van der Waals surface area contributed by atoms with Crippen molar-refractivity contribution < 1.29 is 19.1 Å². The van der Waals surface area contributed by atoms with Crippen LogP contribution in [-0.2, 0) is 4.79 Å². The number of ketones is 1. The highest BCUT2D eigenvalue weighted by molar-refractivity contribution is 6.10. The lowest BCUT2D eigenvalue weighted by Crippen LogP contribution is -2.29. The highest BCUT2D eigenvalue weighted by Gasteiger charge is 2.38. The fourth-order valence-corrected chi connectivity index (χ4v) is 4.18. The largest absolute Gasteiger partial charge is 0.496 e. The smallest absolute Gasteiger partial charge is 0.226 e. The van der Waals surface area contributed by atoms with Crippen molar-refractivity contribution in [1.29, 1.82) is 0 Å². The van der Waals surface area contributed by atoms with Gasteiger partial charge in [0.05, 0.1) is 31.5 Å². The van der Waals surface area contributed by atoms with Gasteiger partial charge in [0.2, 0.25) is 5.91 Å². The van der Waals surface area contributed by atoms with Crippen molar-refractivity contribution in [2.45, 2.75) is 33.1 Å². The molecule has 1 amide bonds. The molecule has 0 bridgehead atoms. The van der Waals surface area contributed by atoms with E-state index in [4.69, 9.17) is 14.6 Å². The van der Waals surface area contributed by atoms with Gasteiger partial charge >= 0.3 is 0 Å². The van der Waals surface area contributed by atoms with Crippen LogP contribution in [-0.4, -0.2) is 35.7 Å². The molecule has 1 aliphatic heterocycles. The SMILES string of the molecule is COc1cccc(OC)c1C(=O)[C@@H]1CC(=O)Nc2c1c(C)nn2-c1cccc(C)c1C. The van der Waals surface area contributed by atoms with E-state index in [2.05, 4.69) is 5.32 Å². The van der Waals surface area contributed by atoms with Gasteiger partial charge in [-0.1, -0.05) is 18.2 Å². The highest BCUT2D eigenvalue weighted by atomic mass is 16.5. The van der Waals surface area contributed by atoms with Crippen LogP contribution in [0, 0.1) is 20.8 Å². The molecule has 1 aromatic heterocycles. The average molecular weight is 419 g/mol. The quantitative estimate of drug-likeness (QED) is 0.629. The molecule has 0 aliphatic carbocycles. The number of aromatic nitrogens is 2. The number of nitrogens with zero attached hydrogens (tertiary/aromatic N) is 2. The maximum Gasteiger partial charge on any atom is 0.226 e. The number of rotatable bonds is 5. The van der Waals surface area contributed by atoms with Gasteiger partial charge in [0.1, 0.15) is 22.9 Å². The van der Waals surface area contributed by atoms with Crippen molar-refractivity contribution in [2.75, 3.05) is 19.5 Å². The summed E-state index contributed by atoms with van der Waals surface area (Å²) in [5.74, 6) is 0.218. The predicted molar refractivity (Wildman–Crippen MR) is 118 cm³/mol. The fourth-order valence-electron chi connectivity index (χ4n) is 4.18. The number of hydrogen-bond acceptors (Lipinski definition) is 5. The first kappa shape index (κ1) is 20.7. The minimum atomic E-state index is -0.687. The molecule has 3 aromatic rings. The summed E-state index contributed by atoms with van der Waals surface area (Å²) in [4.78, 5) is 26.4. The summed E-state index contributed by atoms with van der Waals surface area (Å²) in [6.07, 6.45) is 0.0341. The minimum Gasteiger partial charge on any atom is -0.496 e. The summed E-state index contributed by atoms with van der Waals surface area (Å²) in [7, 11) is 3.02. The van der Waals surface area contributed by atoms with Crippen LogP contribution in [0.25, 0.3) is 5.69 Å². The molecule has 0 radical (unpaired) electrons. The lowest BCUT2D eigenvalue weighted by Gasteiger charge is -2.24. The standard InChI is InChI=1S/C24H25N3O4/c1-13-8-6-9-17(14(13)2)27-24-21(15(3)26-27)16(12-20(28)25-24)23(29)22-18(30-4)10-7-11-19(22)31-5/h6-11,16H,12H2,1-5H3,(H,25,28)/t16-/m1/s1. The van der Waals surface area contributed by atoms with Crippen molar-refractivity contribution in [1.82, 2.24) is 9.78 Å². The normalized spacial score (nSPS) is 15.3. The number of Topliss-reactive ketones (excluding diaryl/α,β-unsaturated/α-hetero) is 1. The molecule has 31 heavy (non-hydrogen) atoms. The first-order valence-corrected chi connectivity index (χ1v) is 10.1. The molecular formula is C24H25N3O4. The zero-order valence-corrected chi connectivity index (χ0v) is 18.3. The summed E-state index contributed by atoms with van der Waals surface area (Å²) >= 11 is 0. The molecule has 0 saturated heterocycles. The van der Waals surface area contributed by atoms with Gasteiger partial charge in [-0.05, 0) is 50.1 Å². The van der Waals surface area contributed by atoms with E-state index < -0.39 is 5.92 Å². The number of ether oxygens (including phenoxy) is 2. The molecule has 1 aliphatic rings. The summed E-state index contributed by atoms with van der Waals surface area (Å²) in [5.41, 5.74) is 4.79. The number of anilines is 1. The number of hydrogen-bond donors (Lipinski definition) is 1. The Morgan fingerprint density at radius 2 is 1.71 bits per heavy atom. The Bertz CT molecular complexity index is 1170. The number of nitrogens with one attached hydrogen (secondary N) is 1. The second-order valence-electron chi connectivity index (χ2n) is 7.69. The van der Waals surface area contributed by atoms with E-state index in [1.807, 2.05) is 39.0 Å². The van der Waals surface area contributed by atoms with E-state index in [0.717, 1.165) is 22.4 Å². The molecule has 4 rings (SSSR count). The lowest BCUT2D eigenvalue weighted by atomic mass is 9.84. The third-order valence-corrected chi connectivity index (χ3v) is 5.90. The van der Waals surface area contributed by atoms with E-state index in [9.17, 15) is 9.59 Å². The Morgan fingerprint density at radius 3 is 2.35 bits per heavy atom. The van der Waals surface area contributed by atoms with Crippen LogP contribution in [0.1, 0.15) is 45.1 Å². The topological polar surface area (TPSA) is 82.4 Å². The minimum absolute atomic E-state index is 0.0341. The molecule has 7 heteroatoms. The van der Waals surface area contributed by atoms with Gasteiger partial charge in [-0.25, -0.2) is 4.68 Å². The van der Waals surface area contributed by atoms with Gasteiger partial charge in [0.15, 0.2) is 5.78 Å². The molecule has 0 fully saturated rings. The van der Waals surface area contributed by atoms with Crippen LogP contribution in [0.4, 0.5) is 5.82 Å². The predicted octanol–water partition coefficient (Wildman–Crippen LogP) is 4.12. The maximum atomic E-state index is 13.7. The zero-order valence-electron chi connectivity index (χ0n) is 18.3. The molecular weight excluding hydrogens is 394 g/mol. The average Bonchev–Trinajstić information content (AvgIpc) is 3.09. The van der Waals surface area contributed by atoms with Gasteiger partial charge < -0.3 is 14.8 Å². The van der Waals surface area contributed by atoms with Crippen LogP contribution in [0.3, 0.4) is 0 Å². The number of carbonyl (C=O) groups excluding carboxylic acids is 2. The maximum absolute atomic E-state index is 13.7. The van der Waals surface area contributed by atoms with Crippen molar-refractivity contribution in [3.63, 3.8) is 0 Å². The molecule has 0 unspecified atom stereocenters. The Hall–Kier alpha value is -3.61. The Morgan fingerprint density at radius 1 is 1.06 bits per heavy atom. The molecule has 7 nitrogen and oxygen atoms in total. The molecule has 1 atom stereocenters. The van der Waals surface area contributed by atoms with Crippen molar-refractivity contribution >= 4 is 17.5 Å². The van der Waals surface area contributed by atoms with Gasteiger partial charge in [-0.2, -0.15) is 5.10 Å². The number of methoxy groups -OCH3 is 2. The van der Waals surface area contributed by atoms with Crippen LogP contribution < -0.4 is 14.8 Å². The zero-order chi connectivity index (χ0) is 22.3. The second kappa shape index (κ2) is 7.91. The van der Waals surface area contributed by atoms with Gasteiger partial charge in [-0.3, -0.25) is 9.59 Å². The van der Waals surface area contributed by atoms with E-state index in [0.29, 0.717) is 28.6 Å². The molecule has 160 valence electrons. The monoisotopic (exact) mass is 419 g/mol. The van der Waals surface area contributed by atoms with Gasteiger partial charge in [0.25, 0.3) is 0 Å². The van der Waals surface area contributed by atoms with Crippen LogP contribution >= 0.6 is 0 Å². The van der Waals surface area contributed by atoms with Gasteiger partial charge in [0, 0.05) is 12.0 Å². The van der Waals surface area contributed by atoms with Crippen molar-refractivity contribution in [2.24, 2.45) is 0 Å². The van der Waals surface area contributed by atoms with E-state index in [-0.39, 0.29) is 18.1 Å². The highest BCUT2D eigenvalue weighted by Crippen LogP contribution is 2.41. The fraction of sp³-hybridized carbons (Fsp3) is 0.292. The Balaban J connectivity index is 1.89. The molecule has 2 heterocycles. The molecule has 2 aromatic carbocycles. The van der Waals surface area contributed by atoms with E-state index >= 15 is 0 Å². The number of benzene rings is 2. The summed E-state index contributed by atoms with van der Waals surface area (Å²) in [6, 6.07) is 11.1. The lowest BCUT2D eigenvalue weighted by molar-refractivity contribution is -0.116.